The third kappa shape index (κ3) is 3.44. The lowest BCUT2D eigenvalue weighted by Gasteiger charge is -2.25. The molecule has 0 unspecified atom stereocenters. The Morgan fingerprint density at radius 1 is 1.11 bits per heavy atom. The number of hydrogen-bond acceptors (Lipinski definition) is 3. The summed E-state index contributed by atoms with van der Waals surface area (Å²) in [6.45, 7) is 1.55. The van der Waals surface area contributed by atoms with Gasteiger partial charge in [-0.2, -0.15) is 17.4 Å². The molecule has 1 saturated heterocycles. The molecular formula is C12H19N3O2S. The van der Waals surface area contributed by atoms with E-state index in [2.05, 4.69) is 4.72 Å². The van der Waals surface area contributed by atoms with Crippen LogP contribution in [0.4, 0.5) is 5.69 Å². The summed E-state index contributed by atoms with van der Waals surface area (Å²) in [6.07, 6.45) is 3.01. The molecule has 100 valence electrons. The molecule has 1 fully saturated rings. The van der Waals surface area contributed by atoms with Gasteiger partial charge in [0.2, 0.25) is 0 Å². The van der Waals surface area contributed by atoms with Crippen LogP contribution in [0.25, 0.3) is 0 Å². The number of rotatable bonds is 4. The van der Waals surface area contributed by atoms with Gasteiger partial charge in [0.1, 0.15) is 0 Å². The number of nitrogens with zero attached hydrogens (tertiary/aromatic N) is 1. The summed E-state index contributed by atoms with van der Waals surface area (Å²) < 4.78 is 28.2. The van der Waals surface area contributed by atoms with Crippen molar-refractivity contribution >= 4 is 15.9 Å². The first-order valence-corrected chi connectivity index (χ1v) is 7.61. The Morgan fingerprint density at radius 2 is 1.72 bits per heavy atom. The van der Waals surface area contributed by atoms with Crippen molar-refractivity contribution in [2.24, 2.45) is 0 Å². The second kappa shape index (κ2) is 5.69. The van der Waals surface area contributed by atoms with E-state index in [1.165, 1.54) is 4.31 Å². The summed E-state index contributed by atoms with van der Waals surface area (Å²) in [5, 5.41) is 0. The molecule has 0 bridgehead atoms. The number of nitrogens with two attached hydrogens (primary N) is 1. The van der Waals surface area contributed by atoms with E-state index in [1.54, 1.807) is 12.1 Å². The topological polar surface area (TPSA) is 75.4 Å². The van der Waals surface area contributed by atoms with Gasteiger partial charge in [0.05, 0.1) is 0 Å². The molecule has 0 saturated carbocycles. The number of anilines is 1. The van der Waals surface area contributed by atoms with Gasteiger partial charge >= 0.3 is 0 Å². The molecule has 3 N–H and O–H groups in total. The van der Waals surface area contributed by atoms with Crippen molar-refractivity contribution in [2.75, 3.05) is 18.8 Å². The highest BCUT2D eigenvalue weighted by Crippen LogP contribution is 2.12. The molecule has 6 heteroatoms. The Balaban J connectivity index is 1.94. The molecule has 1 aromatic rings. The Hall–Kier alpha value is -1.11. The van der Waals surface area contributed by atoms with Crippen LogP contribution in [-0.2, 0) is 16.8 Å². The molecule has 1 aliphatic heterocycles. The van der Waals surface area contributed by atoms with E-state index in [4.69, 9.17) is 5.73 Å². The van der Waals surface area contributed by atoms with E-state index >= 15 is 0 Å². The van der Waals surface area contributed by atoms with Crippen LogP contribution in [0.5, 0.6) is 0 Å². The molecule has 2 rings (SSSR count). The van der Waals surface area contributed by atoms with E-state index in [-0.39, 0.29) is 0 Å². The van der Waals surface area contributed by atoms with Gasteiger partial charge in [-0.3, -0.25) is 0 Å². The van der Waals surface area contributed by atoms with E-state index in [0.29, 0.717) is 25.3 Å². The molecule has 1 aliphatic rings. The Bertz CT molecular complexity index is 479. The SMILES string of the molecule is Nc1ccc(CNS(=O)(=O)N2CCCCC2)cc1. The van der Waals surface area contributed by atoms with Gasteiger partial charge < -0.3 is 5.73 Å². The fourth-order valence-electron chi connectivity index (χ4n) is 2.01. The first-order chi connectivity index (χ1) is 8.58. The monoisotopic (exact) mass is 269 g/mol. The van der Waals surface area contributed by atoms with Crippen molar-refractivity contribution in [3.8, 4) is 0 Å². The normalized spacial score (nSPS) is 17.8. The standard InChI is InChI=1S/C12H19N3O2S/c13-12-6-4-11(5-7-12)10-14-18(16,17)15-8-2-1-3-9-15/h4-7,14H,1-3,8-10,13H2. The highest BCUT2D eigenvalue weighted by atomic mass is 32.2. The van der Waals surface area contributed by atoms with E-state index in [0.717, 1.165) is 24.8 Å². The summed E-state index contributed by atoms with van der Waals surface area (Å²) >= 11 is 0. The molecule has 0 aromatic heterocycles. The van der Waals surface area contributed by atoms with Crippen molar-refractivity contribution in [1.29, 1.82) is 0 Å². The zero-order valence-electron chi connectivity index (χ0n) is 10.3. The molecule has 0 amide bonds. The van der Waals surface area contributed by atoms with Crippen LogP contribution in [0, 0.1) is 0 Å². The summed E-state index contributed by atoms with van der Waals surface area (Å²) in [5.41, 5.74) is 7.16. The van der Waals surface area contributed by atoms with Gasteiger partial charge in [0.15, 0.2) is 0 Å². The zero-order chi connectivity index (χ0) is 13.0. The van der Waals surface area contributed by atoms with Crippen LogP contribution < -0.4 is 10.5 Å². The minimum absolute atomic E-state index is 0.305. The molecule has 0 spiro atoms. The molecule has 0 aliphatic carbocycles. The molecule has 1 heterocycles. The van der Waals surface area contributed by atoms with Crippen molar-refractivity contribution in [1.82, 2.24) is 9.03 Å². The fraction of sp³-hybridized carbons (Fsp3) is 0.500. The van der Waals surface area contributed by atoms with Gasteiger partial charge in [-0.05, 0) is 30.5 Å². The molecule has 18 heavy (non-hydrogen) atoms. The van der Waals surface area contributed by atoms with Crippen LogP contribution in [0.3, 0.4) is 0 Å². The zero-order valence-corrected chi connectivity index (χ0v) is 11.1. The molecule has 0 radical (unpaired) electrons. The maximum Gasteiger partial charge on any atom is 0.279 e. The van der Waals surface area contributed by atoms with Crippen molar-refractivity contribution in [3.63, 3.8) is 0 Å². The van der Waals surface area contributed by atoms with Gasteiger partial charge in [0, 0.05) is 25.3 Å². The molecular weight excluding hydrogens is 250 g/mol. The number of nitrogens with one attached hydrogen (secondary N) is 1. The van der Waals surface area contributed by atoms with Crippen molar-refractivity contribution in [3.05, 3.63) is 29.8 Å². The van der Waals surface area contributed by atoms with Crippen LogP contribution in [0.15, 0.2) is 24.3 Å². The van der Waals surface area contributed by atoms with Gasteiger partial charge in [0.25, 0.3) is 10.2 Å². The minimum Gasteiger partial charge on any atom is -0.399 e. The lowest BCUT2D eigenvalue weighted by molar-refractivity contribution is 0.341. The summed E-state index contributed by atoms with van der Waals surface area (Å²) in [7, 11) is -3.34. The number of hydrogen-bond donors (Lipinski definition) is 2. The average molecular weight is 269 g/mol. The molecule has 0 atom stereocenters. The maximum atomic E-state index is 12.0. The number of nitrogen functional groups attached to an aromatic ring is 1. The van der Waals surface area contributed by atoms with Crippen molar-refractivity contribution in [2.45, 2.75) is 25.8 Å². The Morgan fingerprint density at radius 3 is 2.33 bits per heavy atom. The van der Waals surface area contributed by atoms with Gasteiger partial charge in [-0.15, -0.1) is 0 Å². The summed E-state index contributed by atoms with van der Waals surface area (Å²) in [4.78, 5) is 0. The highest BCUT2D eigenvalue weighted by molar-refractivity contribution is 7.87. The molecule has 5 nitrogen and oxygen atoms in total. The minimum atomic E-state index is -3.34. The maximum absolute atomic E-state index is 12.0. The quantitative estimate of drug-likeness (QED) is 0.803. The fourth-order valence-corrected chi connectivity index (χ4v) is 3.28. The van der Waals surface area contributed by atoms with Crippen molar-refractivity contribution < 1.29 is 8.42 Å². The van der Waals surface area contributed by atoms with E-state index in [1.807, 2.05) is 12.1 Å². The summed E-state index contributed by atoms with van der Waals surface area (Å²) in [5.74, 6) is 0. The largest absolute Gasteiger partial charge is 0.399 e. The first-order valence-electron chi connectivity index (χ1n) is 6.17. The smallest absolute Gasteiger partial charge is 0.279 e. The molecule has 1 aromatic carbocycles. The average Bonchev–Trinajstić information content (AvgIpc) is 2.39. The lowest BCUT2D eigenvalue weighted by atomic mass is 10.2. The highest BCUT2D eigenvalue weighted by Gasteiger charge is 2.22. The van der Waals surface area contributed by atoms with Crippen LogP contribution >= 0.6 is 0 Å². The lowest BCUT2D eigenvalue weighted by Crippen LogP contribution is -2.43. The predicted molar refractivity (Wildman–Crippen MR) is 72.0 cm³/mol. The Labute approximate surface area is 108 Å². The second-order valence-corrected chi connectivity index (χ2v) is 6.28. The van der Waals surface area contributed by atoms with Crippen LogP contribution in [-0.4, -0.2) is 25.8 Å². The number of benzene rings is 1. The third-order valence-corrected chi connectivity index (χ3v) is 4.65. The first kappa shape index (κ1) is 13.3. The van der Waals surface area contributed by atoms with Crippen LogP contribution in [0.1, 0.15) is 24.8 Å². The van der Waals surface area contributed by atoms with E-state index < -0.39 is 10.2 Å². The van der Waals surface area contributed by atoms with E-state index in [9.17, 15) is 8.42 Å². The summed E-state index contributed by atoms with van der Waals surface area (Å²) in [6, 6.07) is 7.19. The predicted octanol–water partition coefficient (Wildman–Crippen LogP) is 1.09. The third-order valence-electron chi connectivity index (χ3n) is 3.09. The van der Waals surface area contributed by atoms with Crippen LogP contribution in [0.2, 0.25) is 0 Å². The number of piperidine rings is 1. The Kier molecular flexibility index (Phi) is 4.21. The van der Waals surface area contributed by atoms with Gasteiger partial charge in [-0.1, -0.05) is 18.6 Å². The second-order valence-electron chi connectivity index (χ2n) is 4.53. The van der Waals surface area contributed by atoms with Gasteiger partial charge in [-0.25, -0.2) is 0 Å².